The van der Waals surface area contributed by atoms with Crippen molar-refractivity contribution in [2.24, 2.45) is 0 Å². The van der Waals surface area contributed by atoms with Crippen LogP contribution < -0.4 is 20.1 Å². The molecule has 0 fully saturated rings. The molecule has 6 nitrogen and oxygen atoms in total. The zero-order valence-corrected chi connectivity index (χ0v) is 14.5. The van der Waals surface area contributed by atoms with Crippen LogP contribution in [0.3, 0.4) is 0 Å². The molecule has 1 aliphatic rings. The fourth-order valence-corrected chi connectivity index (χ4v) is 2.86. The predicted molar refractivity (Wildman–Crippen MR) is 95.5 cm³/mol. The molecular weight excluding hydrogens is 344 g/mol. The average Bonchev–Trinajstić information content (AvgIpc) is 2.98. The van der Waals surface area contributed by atoms with E-state index < -0.39 is 6.10 Å². The molecule has 0 bridgehead atoms. The number of carbonyl (C=O) groups is 2. The Balaban J connectivity index is 1.76. The number of carbonyl (C=O) groups excluding carboxylic acids is 2. The molecule has 0 unspecified atom stereocenters. The van der Waals surface area contributed by atoms with Crippen molar-refractivity contribution in [3.05, 3.63) is 47.0 Å². The third-order valence-corrected chi connectivity index (χ3v) is 4.00. The molecule has 130 valence electrons. The van der Waals surface area contributed by atoms with Crippen molar-refractivity contribution in [1.29, 1.82) is 0 Å². The van der Waals surface area contributed by atoms with Gasteiger partial charge in [0.05, 0.1) is 12.8 Å². The maximum Gasteiger partial charge on any atom is 0.265 e. The van der Waals surface area contributed by atoms with E-state index >= 15 is 0 Å². The van der Waals surface area contributed by atoms with E-state index in [4.69, 9.17) is 21.1 Å². The molecule has 7 heteroatoms. The zero-order valence-electron chi connectivity index (χ0n) is 13.8. The Labute approximate surface area is 150 Å². The van der Waals surface area contributed by atoms with E-state index in [0.29, 0.717) is 34.3 Å². The van der Waals surface area contributed by atoms with Crippen LogP contribution >= 0.6 is 11.6 Å². The van der Waals surface area contributed by atoms with E-state index in [1.165, 1.54) is 14.0 Å². The van der Waals surface area contributed by atoms with Gasteiger partial charge in [0, 0.05) is 24.1 Å². The number of methoxy groups -OCH3 is 1. The second-order valence-corrected chi connectivity index (χ2v) is 6.08. The van der Waals surface area contributed by atoms with Gasteiger partial charge in [-0.05, 0) is 42.0 Å². The van der Waals surface area contributed by atoms with Crippen molar-refractivity contribution in [1.82, 2.24) is 0 Å². The van der Waals surface area contributed by atoms with Crippen LogP contribution in [-0.4, -0.2) is 25.0 Å². The minimum absolute atomic E-state index is 0.200. The molecular formula is C18H17ClN2O4. The Hall–Kier alpha value is -2.73. The molecule has 1 atom stereocenters. The Morgan fingerprint density at radius 1 is 1.20 bits per heavy atom. The third-order valence-electron chi connectivity index (χ3n) is 3.77. The second-order valence-electron chi connectivity index (χ2n) is 5.65. The smallest absolute Gasteiger partial charge is 0.265 e. The molecule has 0 saturated heterocycles. The van der Waals surface area contributed by atoms with Crippen LogP contribution in [0.1, 0.15) is 12.5 Å². The number of anilines is 2. The predicted octanol–water partition coefficient (Wildman–Crippen LogP) is 3.25. The van der Waals surface area contributed by atoms with Gasteiger partial charge in [-0.3, -0.25) is 9.59 Å². The van der Waals surface area contributed by atoms with Gasteiger partial charge in [-0.25, -0.2) is 0 Å². The van der Waals surface area contributed by atoms with E-state index in [1.807, 2.05) is 0 Å². The van der Waals surface area contributed by atoms with Crippen LogP contribution in [0.4, 0.5) is 11.4 Å². The average molecular weight is 361 g/mol. The van der Waals surface area contributed by atoms with E-state index in [0.717, 1.165) is 5.56 Å². The van der Waals surface area contributed by atoms with Crippen LogP contribution in [0.5, 0.6) is 11.5 Å². The Kier molecular flexibility index (Phi) is 4.81. The lowest BCUT2D eigenvalue weighted by Crippen LogP contribution is -2.31. The topological polar surface area (TPSA) is 76.7 Å². The summed E-state index contributed by atoms with van der Waals surface area (Å²) in [5.41, 5.74) is 1.91. The van der Waals surface area contributed by atoms with Gasteiger partial charge in [-0.15, -0.1) is 0 Å². The highest BCUT2D eigenvalue weighted by atomic mass is 35.5. The highest BCUT2D eigenvalue weighted by molar-refractivity contribution is 6.30. The largest absolute Gasteiger partial charge is 0.495 e. The molecule has 0 spiro atoms. The van der Waals surface area contributed by atoms with E-state index in [1.54, 1.807) is 36.4 Å². The SMILES string of the molecule is COc1ccc(NC(C)=O)cc1NC(=O)[C@H]1Cc2cc(Cl)ccc2O1. The standard InChI is InChI=1S/C18H17ClN2O4/c1-10(22)20-13-4-6-16(24-2)14(9-13)21-18(23)17-8-11-7-12(19)3-5-15(11)25-17/h3-7,9,17H,8H2,1-2H3,(H,20,22)(H,21,23)/t17-/m1/s1. The Bertz CT molecular complexity index is 838. The number of rotatable bonds is 4. The summed E-state index contributed by atoms with van der Waals surface area (Å²) >= 11 is 5.97. The van der Waals surface area contributed by atoms with Gasteiger partial charge < -0.3 is 20.1 Å². The summed E-state index contributed by atoms with van der Waals surface area (Å²) in [5, 5.41) is 6.07. The van der Waals surface area contributed by atoms with E-state index in [2.05, 4.69) is 10.6 Å². The van der Waals surface area contributed by atoms with Gasteiger partial charge in [-0.2, -0.15) is 0 Å². The molecule has 25 heavy (non-hydrogen) atoms. The molecule has 2 amide bonds. The minimum atomic E-state index is -0.650. The molecule has 0 aromatic heterocycles. The van der Waals surface area contributed by atoms with E-state index in [-0.39, 0.29) is 11.8 Å². The molecule has 1 heterocycles. The highest BCUT2D eigenvalue weighted by Gasteiger charge is 2.29. The summed E-state index contributed by atoms with van der Waals surface area (Å²) < 4.78 is 10.9. The van der Waals surface area contributed by atoms with Crippen LogP contribution in [-0.2, 0) is 16.0 Å². The molecule has 0 aliphatic carbocycles. The maximum atomic E-state index is 12.6. The minimum Gasteiger partial charge on any atom is -0.495 e. The summed E-state index contributed by atoms with van der Waals surface area (Å²) in [7, 11) is 1.51. The van der Waals surface area contributed by atoms with Gasteiger partial charge in [0.1, 0.15) is 11.5 Å². The van der Waals surface area contributed by atoms with Crippen molar-refractivity contribution in [3.8, 4) is 11.5 Å². The van der Waals surface area contributed by atoms with Gasteiger partial charge in [-0.1, -0.05) is 11.6 Å². The highest BCUT2D eigenvalue weighted by Crippen LogP contribution is 2.33. The second kappa shape index (κ2) is 7.03. The summed E-state index contributed by atoms with van der Waals surface area (Å²) in [6.45, 7) is 1.41. The Morgan fingerprint density at radius 2 is 2.00 bits per heavy atom. The lowest BCUT2D eigenvalue weighted by atomic mass is 10.1. The van der Waals surface area contributed by atoms with Crippen LogP contribution in [0.25, 0.3) is 0 Å². The number of halogens is 1. The summed E-state index contributed by atoms with van der Waals surface area (Å²) in [5.74, 6) is 0.643. The lowest BCUT2D eigenvalue weighted by Gasteiger charge is -2.15. The van der Waals surface area contributed by atoms with Gasteiger partial charge in [0.15, 0.2) is 6.10 Å². The van der Waals surface area contributed by atoms with Gasteiger partial charge in [0.25, 0.3) is 5.91 Å². The quantitative estimate of drug-likeness (QED) is 0.877. The number of fused-ring (bicyclic) bond motifs is 1. The van der Waals surface area contributed by atoms with Crippen molar-refractivity contribution < 1.29 is 19.1 Å². The van der Waals surface area contributed by atoms with E-state index in [9.17, 15) is 9.59 Å². The lowest BCUT2D eigenvalue weighted by molar-refractivity contribution is -0.122. The fraction of sp³-hybridized carbons (Fsp3) is 0.222. The van der Waals surface area contributed by atoms with Crippen LogP contribution in [0, 0.1) is 0 Å². The first-order valence-electron chi connectivity index (χ1n) is 7.68. The fourth-order valence-electron chi connectivity index (χ4n) is 2.66. The van der Waals surface area contributed by atoms with Gasteiger partial charge >= 0.3 is 0 Å². The Morgan fingerprint density at radius 3 is 2.72 bits per heavy atom. The first-order chi connectivity index (χ1) is 12.0. The zero-order chi connectivity index (χ0) is 18.0. The van der Waals surface area contributed by atoms with Crippen molar-refractivity contribution in [3.63, 3.8) is 0 Å². The number of ether oxygens (including phenoxy) is 2. The number of hydrogen-bond donors (Lipinski definition) is 2. The molecule has 0 radical (unpaired) electrons. The normalized spacial score (nSPS) is 15.1. The van der Waals surface area contributed by atoms with Crippen molar-refractivity contribution in [2.45, 2.75) is 19.4 Å². The molecule has 1 aliphatic heterocycles. The van der Waals surface area contributed by atoms with Crippen LogP contribution in [0.15, 0.2) is 36.4 Å². The van der Waals surface area contributed by atoms with Crippen molar-refractivity contribution >= 4 is 34.8 Å². The third kappa shape index (κ3) is 3.85. The summed E-state index contributed by atoms with van der Waals surface area (Å²) in [6, 6.07) is 10.3. The van der Waals surface area contributed by atoms with Gasteiger partial charge in [0.2, 0.25) is 5.91 Å². The number of nitrogens with one attached hydrogen (secondary N) is 2. The molecule has 0 saturated carbocycles. The number of amides is 2. The molecule has 2 aromatic rings. The van der Waals surface area contributed by atoms with Crippen LogP contribution in [0.2, 0.25) is 5.02 Å². The molecule has 2 aromatic carbocycles. The maximum absolute atomic E-state index is 12.6. The first-order valence-corrected chi connectivity index (χ1v) is 8.05. The molecule has 2 N–H and O–H groups in total. The number of hydrogen-bond acceptors (Lipinski definition) is 4. The summed E-state index contributed by atoms with van der Waals surface area (Å²) in [6.07, 6.45) is -0.210. The first kappa shape index (κ1) is 17.1. The van der Waals surface area contributed by atoms with Crippen molar-refractivity contribution in [2.75, 3.05) is 17.7 Å². The summed E-state index contributed by atoms with van der Waals surface area (Å²) in [4.78, 5) is 23.8. The molecule has 3 rings (SSSR count). The number of benzene rings is 2. The monoisotopic (exact) mass is 360 g/mol.